The number of morpholine rings is 1. The highest BCUT2D eigenvalue weighted by molar-refractivity contribution is 5.90. The van der Waals surface area contributed by atoms with Gasteiger partial charge in [0, 0.05) is 36.1 Å². The van der Waals surface area contributed by atoms with Gasteiger partial charge in [-0.15, -0.1) is 10.2 Å². The zero-order valence-electron chi connectivity index (χ0n) is 16.1. The standard InChI is InChI=1S/C20H22N6O3/c1-28-18-4-2-3-16(13-18)21-19(27)14-26-23-20(22-24-26)15-5-7-17(8-6-15)25-9-11-29-12-10-25/h2-8,13H,9-12,14H2,1H3,(H,21,27). The van der Waals surface area contributed by atoms with Crippen molar-refractivity contribution in [1.82, 2.24) is 20.2 Å². The predicted octanol–water partition coefficient (Wildman–Crippen LogP) is 1.82. The summed E-state index contributed by atoms with van der Waals surface area (Å²) in [5, 5.41) is 15.2. The smallest absolute Gasteiger partial charge is 0.248 e. The summed E-state index contributed by atoms with van der Waals surface area (Å²) in [6, 6.07) is 15.1. The first-order valence-corrected chi connectivity index (χ1v) is 9.36. The van der Waals surface area contributed by atoms with Crippen molar-refractivity contribution in [2.75, 3.05) is 43.6 Å². The monoisotopic (exact) mass is 394 g/mol. The lowest BCUT2D eigenvalue weighted by Crippen LogP contribution is -2.36. The number of carbonyl (C=O) groups is 1. The van der Waals surface area contributed by atoms with E-state index in [-0.39, 0.29) is 12.5 Å². The average molecular weight is 394 g/mol. The van der Waals surface area contributed by atoms with Crippen molar-refractivity contribution in [3.8, 4) is 17.1 Å². The van der Waals surface area contributed by atoms with E-state index in [1.807, 2.05) is 30.3 Å². The molecular formula is C20H22N6O3. The maximum atomic E-state index is 12.3. The van der Waals surface area contributed by atoms with Gasteiger partial charge in [0.05, 0.1) is 20.3 Å². The number of tetrazole rings is 1. The van der Waals surface area contributed by atoms with E-state index in [2.05, 4.69) is 25.6 Å². The van der Waals surface area contributed by atoms with Crippen LogP contribution in [0.3, 0.4) is 0 Å². The molecule has 4 rings (SSSR count). The molecule has 2 heterocycles. The highest BCUT2D eigenvalue weighted by Gasteiger charge is 2.13. The largest absolute Gasteiger partial charge is 0.497 e. The van der Waals surface area contributed by atoms with Gasteiger partial charge in [-0.25, -0.2) is 0 Å². The summed E-state index contributed by atoms with van der Waals surface area (Å²) >= 11 is 0. The Morgan fingerprint density at radius 1 is 1.17 bits per heavy atom. The summed E-state index contributed by atoms with van der Waals surface area (Å²) in [5.74, 6) is 0.905. The normalized spacial score (nSPS) is 13.9. The van der Waals surface area contributed by atoms with Crippen molar-refractivity contribution in [3.63, 3.8) is 0 Å². The van der Waals surface area contributed by atoms with Crippen LogP contribution in [0.25, 0.3) is 11.4 Å². The number of ether oxygens (including phenoxy) is 2. The molecule has 1 saturated heterocycles. The molecule has 3 aromatic rings. The van der Waals surface area contributed by atoms with Gasteiger partial charge in [-0.3, -0.25) is 4.79 Å². The fraction of sp³-hybridized carbons (Fsp3) is 0.300. The molecule has 0 aliphatic carbocycles. The van der Waals surface area contributed by atoms with Crippen LogP contribution in [0.5, 0.6) is 5.75 Å². The number of hydrogen-bond donors (Lipinski definition) is 1. The summed E-state index contributed by atoms with van der Waals surface area (Å²) in [6.45, 7) is 3.23. The summed E-state index contributed by atoms with van der Waals surface area (Å²) in [6.07, 6.45) is 0. The molecule has 1 amide bonds. The number of carbonyl (C=O) groups excluding carboxylic acids is 1. The van der Waals surface area contributed by atoms with Gasteiger partial charge in [0.2, 0.25) is 11.7 Å². The van der Waals surface area contributed by atoms with Crippen molar-refractivity contribution in [3.05, 3.63) is 48.5 Å². The maximum absolute atomic E-state index is 12.3. The fourth-order valence-corrected chi connectivity index (χ4v) is 3.10. The second-order valence-electron chi connectivity index (χ2n) is 6.57. The maximum Gasteiger partial charge on any atom is 0.248 e. The van der Waals surface area contributed by atoms with Crippen LogP contribution < -0.4 is 15.0 Å². The van der Waals surface area contributed by atoms with Crippen LogP contribution in [0, 0.1) is 0 Å². The van der Waals surface area contributed by atoms with E-state index in [1.54, 1.807) is 25.3 Å². The second-order valence-corrected chi connectivity index (χ2v) is 6.57. The SMILES string of the molecule is COc1cccc(NC(=O)Cn2nnc(-c3ccc(N4CCOCC4)cc3)n2)c1. The molecule has 0 bridgehead atoms. The Morgan fingerprint density at radius 2 is 1.97 bits per heavy atom. The Hall–Kier alpha value is -3.46. The minimum Gasteiger partial charge on any atom is -0.497 e. The lowest BCUT2D eigenvalue weighted by atomic mass is 10.2. The summed E-state index contributed by atoms with van der Waals surface area (Å²) in [7, 11) is 1.58. The Kier molecular flexibility index (Phi) is 5.66. The number of aromatic nitrogens is 4. The minimum absolute atomic E-state index is 0.0317. The van der Waals surface area contributed by atoms with Crippen molar-refractivity contribution in [2.24, 2.45) is 0 Å². The summed E-state index contributed by atoms with van der Waals surface area (Å²) < 4.78 is 10.5. The first-order chi connectivity index (χ1) is 14.2. The topological polar surface area (TPSA) is 94.4 Å². The van der Waals surface area contributed by atoms with Crippen LogP contribution in [0.1, 0.15) is 0 Å². The number of anilines is 2. The van der Waals surface area contributed by atoms with Gasteiger partial charge >= 0.3 is 0 Å². The van der Waals surface area contributed by atoms with Crippen molar-refractivity contribution in [2.45, 2.75) is 6.54 Å². The molecule has 0 spiro atoms. The third-order valence-electron chi connectivity index (χ3n) is 4.59. The zero-order chi connectivity index (χ0) is 20.1. The number of amides is 1. The van der Waals surface area contributed by atoms with E-state index in [0.717, 1.165) is 37.6 Å². The average Bonchev–Trinajstić information content (AvgIpc) is 3.23. The molecule has 1 aliphatic rings. The van der Waals surface area contributed by atoms with Crippen LogP contribution in [0.4, 0.5) is 11.4 Å². The molecule has 0 saturated carbocycles. The third-order valence-corrected chi connectivity index (χ3v) is 4.59. The number of rotatable bonds is 6. The third kappa shape index (κ3) is 4.69. The van der Waals surface area contributed by atoms with E-state index < -0.39 is 0 Å². The summed E-state index contributed by atoms with van der Waals surface area (Å²) in [5.41, 5.74) is 2.64. The number of hydrogen-bond acceptors (Lipinski definition) is 7. The first-order valence-electron chi connectivity index (χ1n) is 9.36. The molecule has 150 valence electrons. The van der Waals surface area contributed by atoms with E-state index in [0.29, 0.717) is 17.3 Å². The minimum atomic E-state index is -0.245. The molecule has 0 radical (unpaired) electrons. The molecule has 0 atom stereocenters. The number of nitrogens with zero attached hydrogens (tertiary/aromatic N) is 5. The van der Waals surface area contributed by atoms with Gasteiger partial charge < -0.3 is 19.7 Å². The molecule has 1 fully saturated rings. The summed E-state index contributed by atoms with van der Waals surface area (Å²) in [4.78, 5) is 15.8. The van der Waals surface area contributed by atoms with Gasteiger partial charge in [0.25, 0.3) is 0 Å². The molecule has 9 heteroatoms. The highest BCUT2D eigenvalue weighted by atomic mass is 16.5. The lowest BCUT2D eigenvalue weighted by molar-refractivity contribution is -0.117. The Bertz CT molecular complexity index is 966. The number of benzene rings is 2. The van der Waals surface area contributed by atoms with Gasteiger partial charge in [0.1, 0.15) is 12.3 Å². The Balaban J connectivity index is 1.38. The van der Waals surface area contributed by atoms with Crippen LogP contribution in [0.2, 0.25) is 0 Å². The van der Waals surface area contributed by atoms with Gasteiger partial charge in [-0.1, -0.05) is 6.07 Å². The van der Waals surface area contributed by atoms with Crippen LogP contribution in [-0.2, 0) is 16.1 Å². The molecule has 0 unspecified atom stereocenters. The molecule has 1 aromatic heterocycles. The molecule has 9 nitrogen and oxygen atoms in total. The van der Waals surface area contributed by atoms with Gasteiger partial charge in [-0.2, -0.15) is 4.80 Å². The van der Waals surface area contributed by atoms with Crippen molar-refractivity contribution in [1.29, 1.82) is 0 Å². The molecular weight excluding hydrogens is 372 g/mol. The zero-order valence-corrected chi connectivity index (χ0v) is 16.1. The molecule has 29 heavy (non-hydrogen) atoms. The van der Waals surface area contributed by atoms with Gasteiger partial charge in [-0.05, 0) is 41.6 Å². The van der Waals surface area contributed by atoms with Crippen LogP contribution >= 0.6 is 0 Å². The van der Waals surface area contributed by atoms with E-state index >= 15 is 0 Å². The van der Waals surface area contributed by atoms with Crippen LogP contribution in [0.15, 0.2) is 48.5 Å². The van der Waals surface area contributed by atoms with E-state index in [4.69, 9.17) is 9.47 Å². The Morgan fingerprint density at radius 3 is 2.72 bits per heavy atom. The Labute approximate surface area is 168 Å². The van der Waals surface area contributed by atoms with E-state index in [1.165, 1.54) is 4.80 Å². The number of methoxy groups -OCH3 is 1. The lowest BCUT2D eigenvalue weighted by Gasteiger charge is -2.28. The quantitative estimate of drug-likeness (QED) is 0.681. The molecule has 1 aliphatic heterocycles. The second kappa shape index (κ2) is 8.70. The first kappa shape index (κ1) is 18.9. The van der Waals surface area contributed by atoms with Crippen molar-refractivity contribution < 1.29 is 14.3 Å². The predicted molar refractivity (Wildman–Crippen MR) is 108 cm³/mol. The van der Waals surface area contributed by atoms with E-state index in [9.17, 15) is 4.79 Å². The van der Waals surface area contributed by atoms with Gasteiger partial charge in [0.15, 0.2) is 0 Å². The molecule has 1 N–H and O–H groups in total. The van der Waals surface area contributed by atoms with Crippen LogP contribution in [-0.4, -0.2) is 59.5 Å². The highest BCUT2D eigenvalue weighted by Crippen LogP contribution is 2.21. The fourth-order valence-electron chi connectivity index (χ4n) is 3.10. The number of nitrogens with one attached hydrogen (secondary N) is 1. The van der Waals surface area contributed by atoms with Crippen molar-refractivity contribution >= 4 is 17.3 Å². The molecule has 2 aromatic carbocycles.